The van der Waals surface area contributed by atoms with E-state index in [4.69, 9.17) is 4.74 Å². The largest absolute Gasteiger partial charge is 0.497 e. The molecule has 3 rings (SSSR count). The summed E-state index contributed by atoms with van der Waals surface area (Å²) in [6.45, 7) is 0. The van der Waals surface area contributed by atoms with Crippen molar-refractivity contribution in [3.63, 3.8) is 0 Å². The monoisotopic (exact) mass is 239 g/mol. The minimum Gasteiger partial charge on any atom is -0.497 e. The molecule has 1 heterocycles. The van der Waals surface area contributed by atoms with Gasteiger partial charge in [-0.3, -0.25) is 0 Å². The zero-order chi connectivity index (χ0) is 12.5. The molecule has 0 saturated heterocycles. The summed E-state index contributed by atoms with van der Waals surface area (Å²) in [6.07, 6.45) is 1.08. The van der Waals surface area contributed by atoms with Crippen LogP contribution in [0.15, 0.2) is 48.5 Å². The molecule has 2 aromatic rings. The third kappa shape index (κ3) is 1.74. The molecule has 1 aliphatic heterocycles. The molecule has 0 aliphatic carbocycles. The van der Waals surface area contributed by atoms with E-state index in [9.17, 15) is 0 Å². The van der Waals surface area contributed by atoms with Crippen LogP contribution >= 0.6 is 0 Å². The molecule has 2 aromatic carbocycles. The minimum atomic E-state index is 0.438. The van der Waals surface area contributed by atoms with Gasteiger partial charge in [0, 0.05) is 12.7 Å². The lowest BCUT2D eigenvalue weighted by atomic mass is 10.0. The Morgan fingerprint density at radius 3 is 2.44 bits per heavy atom. The number of anilines is 1. The normalized spacial score (nSPS) is 17.7. The summed E-state index contributed by atoms with van der Waals surface area (Å²) in [4.78, 5) is 2.36. The van der Waals surface area contributed by atoms with Crippen molar-refractivity contribution in [3.05, 3.63) is 59.7 Å². The Morgan fingerprint density at radius 2 is 1.78 bits per heavy atom. The second-order valence-corrected chi connectivity index (χ2v) is 4.73. The van der Waals surface area contributed by atoms with E-state index in [0.29, 0.717) is 6.04 Å². The van der Waals surface area contributed by atoms with Crippen LogP contribution in [0.3, 0.4) is 0 Å². The average Bonchev–Trinajstić information content (AvgIpc) is 2.77. The Morgan fingerprint density at radius 1 is 1.06 bits per heavy atom. The number of likely N-dealkylation sites (N-methyl/N-ethyl adjacent to an activating group) is 1. The molecule has 0 bridgehead atoms. The lowest BCUT2D eigenvalue weighted by molar-refractivity contribution is 0.414. The molecule has 92 valence electrons. The molecule has 1 atom stereocenters. The molecule has 0 amide bonds. The van der Waals surface area contributed by atoms with Crippen molar-refractivity contribution in [3.8, 4) is 5.75 Å². The minimum absolute atomic E-state index is 0.438. The lowest BCUT2D eigenvalue weighted by Gasteiger charge is -2.23. The topological polar surface area (TPSA) is 12.5 Å². The third-order valence-corrected chi connectivity index (χ3v) is 3.75. The Balaban J connectivity index is 1.91. The molecule has 0 spiro atoms. The molecule has 0 radical (unpaired) electrons. The van der Waals surface area contributed by atoms with Crippen LogP contribution in [-0.4, -0.2) is 14.2 Å². The second kappa shape index (κ2) is 4.37. The van der Waals surface area contributed by atoms with Gasteiger partial charge in [0.25, 0.3) is 0 Å². The molecular weight excluding hydrogens is 222 g/mol. The van der Waals surface area contributed by atoms with E-state index in [2.05, 4.69) is 48.3 Å². The fraction of sp³-hybridized carbons (Fsp3) is 0.250. The molecule has 0 N–H and O–H groups in total. The van der Waals surface area contributed by atoms with E-state index in [1.165, 1.54) is 16.8 Å². The zero-order valence-electron chi connectivity index (χ0n) is 10.8. The second-order valence-electron chi connectivity index (χ2n) is 4.73. The van der Waals surface area contributed by atoms with Crippen LogP contribution in [-0.2, 0) is 6.42 Å². The molecule has 2 nitrogen and oxygen atoms in total. The number of hydrogen-bond donors (Lipinski definition) is 0. The smallest absolute Gasteiger partial charge is 0.118 e. The van der Waals surface area contributed by atoms with Crippen molar-refractivity contribution in [1.29, 1.82) is 0 Å². The van der Waals surface area contributed by atoms with Crippen molar-refractivity contribution in [2.24, 2.45) is 0 Å². The molecule has 0 aromatic heterocycles. The number of benzene rings is 2. The van der Waals surface area contributed by atoms with Gasteiger partial charge in [0.05, 0.1) is 13.2 Å². The highest BCUT2D eigenvalue weighted by atomic mass is 16.5. The summed E-state index contributed by atoms with van der Waals surface area (Å²) in [5.74, 6) is 0.914. The van der Waals surface area contributed by atoms with Crippen molar-refractivity contribution in [1.82, 2.24) is 0 Å². The Labute approximate surface area is 108 Å². The number of ether oxygens (including phenoxy) is 1. The van der Waals surface area contributed by atoms with Crippen LogP contribution in [0.25, 0.3) is 0 Å². The van der Waals surface area contributed by atoms with Crippen LogP contribution in [0, 0.1) is 0 Å². The van der Waals surface area contributed by atoms with Gasteiger partial charge in [-0.1, -0.05) is 30.3 Å². The number of fused-ring (bicyclic) bond motifs is 1. The van der Waals surface area contributed by atoms with E-state index in [-0.39, 0.29) is 0 Å². The van der Waals surface area contributed by atoms with Gasteiger partial charge in [0.15, 0.2) is 0 Å². The SMILES string of the molecule is COc1ccc(C2Cc3ccccc3N2C)cc1. The summed E-state index contributed by atoms with van der Waals surface area (Å²) in [5.41, 5.74) is 4.12. The molecule has 2 heteroatoms. The van der Waals surface area contributed by atoms with Crippen LogP contribution in [0.2, 0.25) is 0 Å². The Kier molecular flexibility index (Phi) is 2.71. The van der Waals surface area contributed by atoms with E-state index in [1.54, 1.807) is 7.11 Å². The maximum atomic E-state index is 5.21. The van der Waals surface area contributed by atoms with Gasteiger partial charge >= 0.3 is 0 Å². The number of methoxy groups -OCH3 is 1. The Hall–Kier alpha value is -1.96. The summed E-state index contributed by atoms with van der Waals surface area (Å²) in [6, 6.07) is 17.5. The molecule has 1 aliphatic rings. The van der Waals surface area contributed by atoms with Gasteiger partial charge in [0.2, 0.25) is 0 Å². The number of nitrogens with zero attached hydrogens (tertiary/aromatic N) is 1. The van der Waals surface area contributed by atoms with E-state index >= 15 is 0 Å². The average molecular weight is 239 g/mol. The molecule has 0 saturated carbocycles. The summed E-state index contributed by atoms with van der Waals surface area (Å²) < 4.78 is 5.21. The van der Waals surface area contributed by atoms with E-state index < -0.39 is 0 Å². The summed E-state index contributed by atoms with van der Waals surface area (Å²) in [5, 5.41) is 0. The fourth-order valence-corrected chi connectivity index (χ4v) is 2.71. The Bertz CT molecular complexity index is 547. The van der Waals surface area contributed by atoms with Crippen molar-refractivity contribution < 1.29 is 4.74 Å². The number of para-hydroxylation sites is 1. The van der Waals surface area contributed by atoms with Crippen LogP contribution < -0.4 is 9.64 Å². The van der Waals surface area contributed by atoms with Crippen molar-refractivity contribution >= 4 is 5.69 Å². The highest BCUT2D eigenvalue weighted by Gasteiger charge is 2.26. The van der Waals surface area contributed by atoms with Crippen LogP contribution in [0.1, 0.15) is 17.2 Å². The van der Waals surface area contributed by atoms with E-state index in [1.807, 2.05) is 12.1 Å². The maximum absolute atomic E-state index is 5.21. The first-order valence-corrected chi connectivity index (χ1v) is 6.24. The highest BCUT2D eigenvalue weighted by Crippen LogP contribution is 2.39. The quantitative estimate of drug-likeness (QED) is 0.796. The number of rotatable bonds is 2. The predicted octanol–water partition coefficient (Wildman–Crippen LogP) is 3.43. The summed E-state index contributed by atoms with van der Waals surface area (Å²) >= 11 is 0. The molecule has 18 heavy (non-hydrogen) atoms. The molecule has 1 unspecified atom stereocenters. The standard InChI is InChI=1S/C16H17NO/c1-17-15-6-4-3-5-13(15)11-16(17)12-7-9-14(18-2)10-8-12/h3-10,16H,11H2,1-2H3. The van der Waals surface area contributed by atoms with Gasteiger partial charge in [-0.2, -0.15) is 0 Å². The maximum Gasteiger partial charge on any atom is 0.118 e. The van der Waals surface area contributed by atoms with Gasteiger partial charge < -0.3 is 9.64 Å². The van der Waals surface area contributed by atoms with Gasteiger partial charge in [0.1, 0.15) is 5.75 Å². The fourth-order valence-electron chi connectivity index (χ4n) is 2.71. The first-order valence-electron chi connectivity index (χ1n) is 6.24. The van der Waals surface area contributed by atoms with Gasteiger partial charge in [-0.25, -0.2) is 0 Å². The number of hydrogen-bond acceptors (Lipinski definition) is 2. The van der Waals surface area contributed by atoms with Gasteiger partial charge in [-0.15, -0.1) is 0 Å². The zero-order valence-corrected chi connectivity index (χ0v) is 10.8. The predicted molar refractivity (Wildman–Crippen MR) is 74.3 cm³/mol. The van der Waals surface area contributed by atoms with Crippen LogP contribution in [0.5, 0.6) is 5.75 Å². The van der Waals surface area contributed by atoms with E-state index in [0.717, 1.165) is 12.2 Å². The van der Waals surface area contributed by atoms with Gasteiger partial charge in [-0.05, 0) is 35.7 Å². The molecular formula is C16H17NO. The summed E-state index contributed by atoms with van der Waals surface area (Å²) in [7, 11) is 3.87. The van der Waals surface area contributed by atoms with Crippen molar-refractivity contribution in [2.45, 2.75) is 12.5 Å². The third-order valence-electron chi connectivity index (χ3n) is 3.75. The lowest BCUT2D eigenvalue weighted by Crippen LogP contribution is -2.19. The van der Waals surface area contributed by atoms with Crippen LogP contribution in [0.4, 0.5) is 5.69 Å². The highest BCUT2D eigenvalue weighted by molar-refractivity contribution is 5.60. The first-order chi connectivity index (χ1) is 8.79. The van der Waals surface area contributed by atoms with Crippen molar-refractivity contribution in [2.75, 3.05) is 19.1 Å². The molecule has 0 fully saturated rings. The first kappa shape index (κ1) is 11.1.